The highest BCUT2D eigenvalue weighted by Crippen LogP contribution is 2.10. The zero-order chi connectivity index (χ0) is 11.7. The van der Waals surface area contributed by atoms with Crippen molar-refractivity contribution >= 4 is 11.3 Å². The maximum Gasteiger partial charge on any atom is 0.157 e. The average molecular weight is 231 g/mol. The molecule has 0 aliphatic carbocycles. The summed E-state index contributed by atoms with van der Waals surface area (Å²) in [5, 5.41) is 4.44. The maximum absolute atomic E-state index is 5.72. The van der Waals surface area contributed by atoms with E-state index in [-0.39, 0.29) is 0 Å². The summed E-state index contributed by atoms with van der Waals surface area (Å²) in [7, 11) is 0. The van der Waals surface area contributed by atoms with Gasteiger partial charge >= 0.3 is 0 Å². The number of rotatable bonds is 3. The fourth-order valence-electron chi connectivity index (χ4n) is 2.31. The Morgan fingerprint density at radius 1 is 1.29 bits per heavy atom. The number of likely N-dealkylation sites (tertiary alicyclic amines) is 1. The van der Waals surface area contributed by atoms with Gasteiger partial charge in [-0.3, -0.25) is 0 Å². The lowest BCUT2D eigenvalue weighted by Crippen LogP contribution is -2.22. The van der Waals surface area contributed by atoms with Gasteiger partial charge in [0.2, 0.25) is 0 Å². The Balaban J connectivity index is 1.72. The number of hydrogen-bond donors (Lipinski definition) is 1. The highest BCUT2D eigenvalue weighted by atomic mass is 15.3. The van der Waals surface area contributed by atoms with Crippen molar-refractivity contribution in [2.24, 2.45) is 0 Å². The largest absolute Gasteiger partial charge is 0.399 e. The quantitative estimate of drug-likeness (QED) is 0.854. The van der Waals surface area contributed by atoms with Gasteiger partial charge in [0.15, 0.2) is 11.5 Å². The number of nitrogens with two attached hydrogens (primary N) is 1. The average Bonchev–Trinajstić information content (AvgIpc) is 2.94. The Hall–Kier alpha value is -1.62. The van der Waals surface area contributed by atoms with Gasteiger partial charge in [-0.05, 0) is 32.0 Å². The first-order valence-corrected chi connectivity index (χ1v) is 6.14. The minimum absolute atomic E-state index is 0.732. The third kappa shape index (κ3) is 2.24. The van der Waals surface area contributed by atoms with Crippen LogP contribution in [-0.2, 0) is 6.42 Å². The van der Waals surface area contributed by atoms with Crippen molar-refractivity contribution in [3.05, 3.63) is 24.2 Å². The standard InChI is InChI=1S/C12H17N5/c13-10-3-8-17-12(9-10)14-11(15-17)4-7-16-5-1-2-6-16/h3,8-9H,1-2,4-7,13H2. The predicted octanol–water partition coefficient (Wildman–Crippen LogP) is 0.950. The highest BCUT2D eigenvalue weighted by molar-refractivity contribution is 5.50. The number of hydrogen-bond acceptors (Lipinski definition) is 4. The van der Waals surface area contributed by atoms with E-state index < -0.39 is 0 Å². The summed E-state index contributed by atoms with van der Waals surface area (Å²) >= 11 is 0. The summed E-state index contributed by atoms with van der Waals surface area (Å²) in [6.07, 6.45) is 5.43. The molecule has 90 valence electrons. The lowest BCUT2D eigenvalue weighted by Gasteiger charge is -2.12. The van der Waals surface area contributed by atoms with Gasteiger partial charge in [0, 0.05) is 30.9 Å². The minimum Gasteiger partial charge on any atom is -0.399 e. The first kappa shape index (κ1) is 10.5. The first-order chi connectivity index (χ1) is 8.31. The zero-order valence-electron chi connectivity index (χ0n) is 9.84. The smallest absolute Gasteiger partial charge is 0.157 e. The van der Waals surface area contributed by atoms with Crippen molar-refractivity contribution in [1.29, 1.82) is 0 Å². The molecule has 3 heterocycles. The van der Waals surface area contributed by atoms with Crippen LogP contribution >= 0.6 is 0 Å². The van der Waals surface area contributed by atoms with E-state index in [9.17, 15) is 0 Å². The van der Waals surface area contributed by atoms with Crippen molar-refractivity contribution in [3.8, 4) is 0 Å². The molecule has 0 bridgehead atoms. The molecule has 5 heteroatoms. The van der Waals surface area contributed by atoms with Gasteiger partial charge in [-0.2, -0.15) is 5.10 Å². The molecule has 0 saturated carbocycles. The molecular formula is C12H17N5. The predicted molar refractivity (Wildman–Crippen MR) is 66.8 cm³/mol. The lowest BCUT2D eigenvalue weighted by molar-refractivity contribution is 0.341. The molecule has 0 aromatic carbocycles. The molecule has 2 N–H and O–H groups in total. The number of aromatic nitrogens is 3. The van der Waals surface area contributed by atoms with Crippen LogP contribution in [-0.4, -0.2) is 39.1 Å². The minimum atomic E-state index is 0.732. The first-order valence-electron chi connectivity index (χ1n) is 6.14. The van der Waals surface area contributed by atoms with Crippen molar-refractivity contribution in [1.82, 2.24) is 19.5 Å². The summed E-state index contributed by atoms with van der Waals surface area (Å²) < 4.78 is 1.79. The van der Waals surface area contributed by atoms with E-state index in [2.05, 4.69) is 15.0 Å². The number of nitrogens with zero attached hydrogens (tertiary/aromatic N) is 4. The molecule has 0 radical (unpaired) electrons. The number of anilines is 1. The SMILES string of the molecule is Nc1ccn2nc(CCN3CCCC3)nc2c1. The Morgan fingerprint density at radius 2 is 2.12 bits per heavy atom. The fourth-order valence-corrected chi connectivity index (χ4v) is 2.31. The van der Waals surface area contributed by atoms with E-state index in [1.54, 1.807) is 4.52 Å². The van der Waals surface area contributed by atoms with E-state index in [1.165, 1.54) is 25.9 Å². The Bertz CT molecular complexity index is 513. The van der Waals surface area contributed by atoms with E-state index >= 15 is 0 Å². The maximum atomic E-state index is 5.72. The fraction of sp³-hybridized carbons (Fsp3) is 0.500. The van der Waals surface area contributed by atoms with E-state index in [0.29, 0.717) is 0 Å². The Morgan fingerprint density at radius 3 is 2.94 bits per heavy atom. The Kier molecular flexibility index (Phi) is 2.68. The summed E-state index contributed by atoms with van der Waals surface area (Å²) in [5.41, 5.74) is 7.28. The summed E-state index contributed by atoms with van der Waals surface area (Å²) in [6.45, 7) is 3.51. The molecule has 1 fully saturated rings. The molecular weight excluding hydrogens is 214 g/mol. The number of pyridine rings is 1. The molecule has 1 aliphatic heterocycles. The van der Waals surface area contributed by atoms with Crippen LogP contribution in [0, 0.1) is 0 Å². The molecule has 0 unspecified atom stereocenters. The van der Waals surface area contributed by atoms with Crippen molar-refractivity contribution in [2.75, 3.05) is 25.4 Å². The summed E-state index contributed by atoms with van der Waals surface area (Å²) in [4.78, 5) is 6.95. The molecule has 0 spiro atoms. The van der Waals surface area contributed by atoms with Crippen LogP contribution in [0.3, 0.4) is 0 Å². The van der Waals surface area contributed by atoms with E-state index in [1.807, 2.05) is 18.3 Å². The summed E-state index contributed by atoms with van der Waals surface area (Å²) in [6, 6.07) is 3.69. The van der Waals surface area contributed by atoms with Crippen molar-refractivity contribution < 1.29 is 0 Å². The van der Waals surface area contributed by atoms with Crippen LogP contribution in [0.4, 0.5) is 5.69 Å². The van der Waals surface area contributed by atoms with Crippen molar-refractivity contribution in [3.63, 3.8) is 0 Å². The molecule has 3 rings (SSSR count). The van der Waals surface area contributed by atoms with Gasteiger partial charge in [0.25, 0.3) is 0 Å². The Labute approximate surface area is 100 Å². The topological polar surface area (TPSA) is 59.5 Å². The number of fused-ring (bicyclic) bond motifs is 1. The zero-order valence-corrected chi connectivity index (χ0v) is 9.84. The molecule has 17 heavy (non-hydrogen) atoms. The second-order valence-electron chi connectivity index (χ2n) is 4.59. The van der Waals surface area contributed by atoms with Gasteiger partial charge in [0.05, 0.1) is 0 Å². The molecule has 2 aromatic heterocycles. The van der Waals surface area contributed by atoms with Crippen molar-refractivity contribution in [2.45, 2.75) is 19.3 Å². The van der Waals surface area contributed by atoms with Crippen LogP contribution in [0.1, 0.15) is 18.7 Å². The third-order valence-electron chi connectivity index (χ3n) is 3.26. The molecule has 5 nitrogen and oxygen atoms in total. The molecule has 0 atom stereocenters. The highest BCUT2D eigenvalue weighted by Gasteiger charge is 2.12. The lowest BCUT2D eigenvalue weighted by atomic mass is 10.4. The van der Waals surface area contributed by atoms with Crippen LogP contribution in [0.25, 0.3) is 5.65 Å². The second kappa shape index (κ2) is 4.33. The molecule has 1 saturated heterocycles. The molecule has 1 aliphatic rings. The van der Waals surface area contributed by atoms with Crippen LogP contribution < -0.4 is 5.73 Å². The molecule has 2 aromatic rings. The van der Waals surface area contributed by atoms with Gasteiger partial charge in [-0.1, -0.05) is 0 Å². The number of nitrogen functional groups attached to an aromatic ring is 1. The van der Waals surface area contributed by atoms with Gasteiger partial charge in [-0.15, -0.1) is 0 Å². The summed E-state index contributed by atoms with van der Waals surface area (Å²) in [5.74, 6) is 0.905. The van der Waals surface area contributed by atoms with Gasteiger partial charge in [0.1, 0.15) is 0 Å². The molecule has 0 amide bonds. The monoisotopic (exact) mass is 231 g/mol. The van der Waals surface area contributed by atoms with Gasteiger partial charge < -0.3 is 10.6 Å². The normalized spacial score (nSPS) is 16.9. The van der Waals surface area contributed by atoms with E-state index in [4.69, 9.17) is 5.73 Å². The second-order valence-corrected chi connectivity index (χ2v) is 4.59. The third-order valence-corrected chi connectivity index (χ3v) is 3.26. The van der Waals surface area contributed by atoms with Crippen LogP contribution in [0.2, 0.25) is 0 Å². The van der Waals surface area contributed by atoms with E-state index in [0.717, 1.165) is 30.1 Å². The van der Waals surface area contributed by atoms with Crippen LogP contribution in [0.15, 0.2) is 18.3 Å². The van der Waals surface area contributed by atoms with Gasteiger partial charge in [-0.25, -0.2) is 9.50 Å². The van der Waals surface area contributed by atoms with Crippen LogP contribution in [0.5, 0.6) is 0 Å².